The van der Waals surface area contributed by atoms with Gasteiger partial charge >= 0.3 is 0 Å². The Balaban J connectivity index is 1.69. The number of thiophene rings is 1. The van der Waals surface area contributed by atoms with E-state index in [4.69, 9.17) is 0 Å². The summed E-state index contributed by atoms with van der Waals surface area (Å²) in [6.45, 7) is 3.24. The van der Waals surface area contributed by atoms with Crippen LogP contribution in [-0.4, -0.2) is 41.6 Å². The highest BCUT2D eigenvalue weighted by Gasteiger charge is 2.30. The van der Waals surface area contributed by atoms with Gasteiger partial charge in [-0.15, -0.1) is 11.3 Å². The molecule has 4 nitrogen and oxygen atoms in total. The first-order valence-electron chi connectivity index (χ1n) is 7.89. The van der Waals surface area contributed by atoms with Gasteiger partial charge in [0, 0.05) is 35.9 Å². The average molecular weight is 341 g/mol. The molecule has 6 heteroatoms. The van der Waals surface area contributed by atoms with E-state index in [0.29, 0.717) is 13.0 Å². The second kappa shape index (κ2) is 9.20. The summed E-state index contributed by atoms with van der Waals surface area (Å²) in [5.74, 6) is 2.00. The Morgan fingerprint density at radius 3 is 3.05 bits per heavy atom. The fraction of sp³-hybridized carbons (Fsp3) is 0.625. The van der Waals surface area contributed by atoms with Crippen molar-refractivity contribution in [2.24, 2.45) is 0 Å². The van der Waals surface area contributed by atoms with E-state index in [1.165, 1.54) is 4.88 Å². The number of nitrogens with one attached hydrogen (secondary N) is 1. The van der Waals surface area contributed by atoms with Crippen molar-refractivity contribution in [3.8, 4) is 0 Å². The van der Waals surface area contributed by atoms with E-state index in [2.05, 4.69) is 22.8 Å². The largest absolute Gasteiger partial charge is 0.353 e. The minimum absolute atomic E-state index is 0.0122. The fourth-order valence-electron chi connectivity index (χ4n) is 2.64. The van der Waals surface area contributed by atoms with Crippen LogP contribution in [0.15, 0.2) is 17.5 Å². The van der Waals surface area contributed by atoms with Crippen LogP contribution in [0, 0.1) is 0 Å². The summed E-state index contributed by atoms with van der Waals surface area (Å²) in [6.07, 6.45) is 3.30. The Kier molecular flexibility index (Phi) is 7.25. The fourth-order valence-corrected chi connectivity index (χ4v) is 4.34. The second-order valence-electron chi connectivity index (χ2n) is 5.38. The molecule has 2 rings (SSSR count). The third kappa shape index (κ3) is 5.02. The van der Waals surface area contributed by atoms with Gasteiger partial charge in [-0.2, -0.15) is 11.8 Å². The second-order valence-corrected chi connectivity index (χ2v) is 7.51. The zero-order valence-corrected chi connectivity index (χ0v) is 14.7. The van der Waals surface area contributed by atoms with Crippen LogP contribution in [0.25, 0.3) is 0 Å². The smallest absolute Gasteiger partial charge is 0.242 e. The maximum Gasteiger partial charge on any atom is 0.242 e. The van der Waals surface area contributed by atoms with Crippen molar-refractivity contribution < 1.29 is 9.59 Å². The molecule has 0 spiro atoms. The van der Waals surface area contributed by atoms with Crippen LogP contribution in [0.5, 0.6) is 0 Å². The van der Waals surface area contributed by atoms with Crippen LogP contribution in [0.1, 0.15) is 37.5 Å². The lowest BCUT2D eigenvalue weighted by Gasteiger charge is -2.34. The number of hydrogen-bond acceptors (Lipinski definition) is 4. The van der Waals surface area contributed by atoms with E-state index in [0.717, 1.165) is 37.3 Å². The SMILES string of the molecule is CCC(=O)N1CCCC[C@@H]1C(=O)NCCSCc1cccs1. The van der Waals surface area contributed by atoms with Crippen LogP contribution in [0.2, 0.25) is 0 Å². The Morgan fingerprint density at radius 1 is 1.45 bits per heavy atom. The highest BCUT2D eigenvalue weighted by Crippen LogP contribution is 2.19. The maximum atomic E-state index is 12.3. The van der Waals surface area contributed by atoms with Gasteiger partial charge in [0.1, 0.15) is 6.04 Å². The third-order valence-electron chi connectivity index (χ3n) is 3.80. The molecule has 1 fully saturated rings. The summed E-state index contributed by atoms with van der Waals surface area (Å²) in [5.41, 5.74) is 0. The number of carbonyl (C=O) groups is 2. The molecular weight excluding hydrogens is 316 g/mol. The molecule has 0 bridgehead atoms. The number of likely N-dealkylation sites (tertiary alicyclic amines) is 1. The van der Waals surface area contributed by atoms with Gasteiger partial charge < -0.3 is 10.2 Å². The minimum Gasteiger partial charge on any atom is -0.353 e. The van der Waals surface area contributed by atoms with Crippen molar-refractivity contribution in [3.63, 3.8) is 0 Å². The van der Waals surface area contributed by atoms with Gasteiger partial charge in [-0.3, -0.25) is 9.59 Å². The van der Waals surface area contributed by atoms with Crippen LogP contribution in [0.4, 0.5) is 0 Å². The molecule has 0 aliphatic carbocycles. The van der Waals surface area contributed by atoms with Crippen molar-refractivity contribution in [1.29, 1.82) is 0 Å². The summed E-state index contributed by atoms with van der Waals surface area (Å²) in [7, 11) is 0. The van der Waals surface area contributed by atoms with E-state index in [-0.39, 0.29) is 17.9 Å². The Bertz CT molecular complexity index is 477. The van der Waals surface area contributed by atoms with Crippen molar-refractivity contribution in [2.75, 3.05) is 18.8 Å². The lowest BCUT2D eigenvalue weighted by molar-refractivity contribution is -0.142. The van der Waals surface area contributed by atoms with Crippen LogP contribution in [-0.2, 0) is 15.3 Å². The first kappa shape index (κ1) is 17.3. The molecule has 1 atom stereocenters. The standard InChI is InChI=1S/C16H24N2O2S2/c1-2-15(19)18-9-4-3-7-14(18)16(20)17-8-11-21-12-13-6-5-10-22-13/h5-6,10,14H,2-4,7-9,11-12H2,1H3,(H,17,20)/t14-/m1/s1. The first-order valence-corrected chi connectivity index (χ1v) is 9.93. The number of piperidine rings is 1. The lowest BCUT2D eigenvalue weighted by Crippen LogP contribution is -2.52. The number of rotatable bonds is 7. The highest BCUT2D eigenvalue weighted by molar-refractivity contribution is 7.98. The minimum atomic E-state index is -0.261. The van der Waals surface area contributed by atoms with E-state index in [1.54, 1.807) is 16.2 Å². The summed E-state index contributed by atoms with van der Waals surface area (Å²) in [6, 6.07) is 3.93. The predicted molar refractivity (Wildman–Crippen MR) is 93.1 cm³/mol. The summed E-state index contributed by atoms with van der Waals surface area (Å²) in [5, 5.41) is 5.07. The maximum absolute atomic E-state index is 12.3. The molecule has 1 aliphatic heterocycles. The molecule has 122 valence electrons. The van der Waals surface area contributed by atoms with E-state index in [9.17, 15) is 9.59 Å². The number of amides is 2. The van der Waals surface area contributed by atoms with Crippen molar-refractivity contribution in [3.05, 3.63) is 22.4 Å². The molecule has 1 saturated heterocycles. The molecule has 0 aromatic carbocycles. The molecule has 0 unspecified atom stereocenters. The van der Waals surface area contributed by atoms with E-state index >= 15 is 0 Å². The normalized spacial score (nSPS) is 18.2. The quantitative estimate of drug-likeness (QED) is 0.777. The molecule has 0 saturated carbocycles. The van der Waals surface area contributed by atoms with Crippen LogP contribution >= 0.6 is 23.1 Å². The molecule has 1 N–H and O–H groups in total. The topological polar surface area (TPSA) is 49.4 Å². The molecule has 1 aliphatic rings. The highest BCUT2D eigenvalue weighted by atomic mass is 32.2. The lowest BCUT2D eigenvalue weighted by atomic mass is 10.0. The zero-order valence-electron chi connectivity index (χ0n) is 13.0. The van der Waals surface area contributed by atoms with Gasteiger partial charge in [-0.05, 0) is 30.7 Å². The van der Waals surface area contributed by atoms with Gasteiger partial charge in [0.05, 0.1) is 0 Å². The summed E-state index contributed by atoms with van der Waals surface area (Å²) in [4.78, 5) is 27.4. The number of nitrogens with zero attached hydrogens (tertiary/aromatic N) is 1. The Hall–Kier alpha value is -1.01. The van der Waals surface area contributed by atoms with Gasteiger partial charge in [0.25, 0.3) is 0 Å². The van der Waals surface area contributed by atoms with Gasteiger partial charge in [-0.25, -0.2) is 0 Å². The predicted octanol–water partition coefficient (Wildman–Crippen LogP) is 2.89. The molecule has 0 radical (unpaired) electrons. The van der Waals surface area contributed by atoms with Crippen LogP contribution < -0.4 is 5.32 Å². The van der Waals surface area contributed by atoms with Gasteiger partial charge in [-0.1, -0.05) is 13.0 Å². The Morgan fingerprint density at radius 2 is 2.32 bits per heavy atom. The number of hydrogen-bond donors (Lipinski definition) is 1. The van der Waals surface area contributed by atoms with Crippen molar-refractivity contribution >= 4 is 34.9 Å². The molecular formula is C16H24N2O2S2. The molecule has 1 aromatic rings. The van der Waals surface area contributed by atoms with Crippen molar-refractivity contribution in [2.45, 2.75) is 44.4 Å². The zero-order chi connectivity index (χ0) is 15.8. The average Bonchev–Trinajstić information content (AvgIpc) is 3.07. The van der Waals surface area contributed by atoms with Gasteiger partial charge in [0.15, 0.2) is 0 Å². The number of carbonyl (C=O) groups excluding carboxylic acids is 2. The summed E-state index contributed by atoms with van der Waals surface area (Å²) >= 11 is 3.59. The van der Waals surface area contributed by atoms with Gasteiger partial charge in [0.2, 0.25) is 11.8 Å². The first-order chi connectivity index (χ1) is 10.7. The third-order valence-corrected chi connectivity index (χ3v) is 5.87. The monoisotopic (exact) mass is 340 g/mol. The van der Waals surface area contributed by atoms with Crippen LogP contribution in [0.3, 0.4) is 0 Å². The molecule has 2 amide bonds. The Labute approximate surface area is 140 Å². The molecule has 22 heavy (non-hydrogen) atoms. The molecule has 1 aromatic heterocycles. The van der Waals surface area contributed by atoms with Crippen molar-refractivity contribution in [1.82, 2.24) is 10.2 Å². The van der Waals surface area contributed by atoms with E-state index in [1.807, 2.05) is 18.7 Å². The molecule has 2 heterocycles. The number of thioether (sulfide) groups is 1. The summed E-state index contributed by atoms with van der Waals surface area (Å²) < 4.78 is 0. The van der Waals surface area contributed by atoms with E-state index < -0.39 is 0 Å².